The van der Waals surface area contributed by atoms with Gasteiger partial charge in [0.2, 0.25) is 5.79 Å². The predicted molar refractivity (Wildman–Crippen MR) is 72.9 cm³/mol. The molecular weight excluding hydrogens is 408 g/mol. The van der Waals surface area contributed by atoms with Crippen LogP contribution in [0.2, 0.25) is 0 Å². The van der Waals surface area contributed by atoms with Crippen molar-refractivity contribution in [3.8, 4) is 0 Å². The number of aliphatic hydroxyl groups excluding tert-OH is 8. The molecule has 0 amide bonds. The molecule has 0 aromatic carbocycles. The molecule has 2 aliphatic rings. The van der Waals surface area contributed by atoms with Crippen LogP contribution in [0.1, 0.15) is 0 Å². The van der Waals surface area contributed by atoms with E-state index in [1.54, 1.807) is 0 Å². The first kappa shape index (κ1) is 25.8. The number of ether oxygens (including phenoxy) is 3. The van der Waals surface area contributed by atoms with E-state index in [9.17, 15) is 30.6 Å². The fraction of sp³-hybridized carbons (Fsp3) is 1.00. The quantitative estimate of drug-likeness (QED) is 0.189. The molecule has 0 saturated carbocycles. The second-order valence-electron chi connectivity index (χ2n) is 5.56. The molecule has 9 atom stereocenters. The van der Waals surface area contributed by atoms with Crippen LogP contribution in [0.3, 0.4) is 0 Å². The monoisotopic (exact) mass is 432 g/mol. The second-order valence-corrected chi connectivity index (χ2v) is 5.56. The average Bonchev–Trinajstić information content (AvgIpc) is 2.88. The van der Waals surface area contributed by atoms with Crippen molar-refractivity contribution >= 4 is 0 Å². The number of rotatable bonds is 5. The zero-order valence-electron chi connectivity index (χ0n) is 13.3. The van der Waals surface area contributed by atoms with Crippen molar-refractivity contribution < 1.29 is 80.3 Å². The van der Waals surface area contributed by atoms with Gasteiger partial charge in [-0.25, -0.2) is 0 Å². The molecule has 0 aromatic heterocycles. The Hall–Kier alpha value is -0.161. The van der Waals surface area contributed by atoms with Gasteiger partial charge in [0, 0.05) is 0 Å². The van der Waals surface area contributed by atoms with Crippen molar-refractivity contribution in [2.24, 2.45) is 0 Å². The Balaban J connectivity index is 0.00000201. The first-order chi connectivity index (χ1) is 11.8. The Morgan fingerprint density at radius 2 is 1.38 bits per heavy atom. The number of hydrogen-bond acceptors (Lipinski definition) is 12. The van der Waals surface area contributed by atoms with Gasteiger partial charge in [-0.2, -0.15) is 0 Å². The summed E-state index contributed by atoms with van der Waals surface area (Å²) in [6, 6.07) is 0. The molecule has 0 aliphatic carbocycles. The molecule has 2 aliphatic heterocycles. The zero-order chi connectivity index (χ0) is 19.4. The summed E-state index contributed by atoms with van der Waals surface area (Å²) in [6.45, 7) is -2.32. The van der Waals surface area contributed by atoms with E-state index in [-0.39, 0.29) is 5.48 Å². The van der Waals surface area contributed by atoms with E-state index < -0.39 is 74.6 Å². The molecule has 158 valence electrons. The van der Waals surface area contributed by atoms with Crippen molar-refractivity contribution in [2.45, 2.75) is 54.8 Å². The molecule has 0 unspecified atom stereocenters. The molecule has 13 nitrogen and oxygen atoms in total. The average molecular weight is 432 g/mol. The van der Waals surface area contributed by atoms with Crippen LogP contribution in [0.15, 0.2) is 0 Å². The van der Waals surface area contributed by atoms with E-state index in [4.69, 9.17) is 28.3 Å². The van der Waals surface area contributed by atoms with E-state index in [0.29, 0.717) is 0 Å². The van der Waals surface area contributed by atoms with Gasteiger partial charge in [-0.1, -0.05) is 0 Å². The van der Waals surface area contributed by atoms with Crippen LogP contribution < -0.4 is 0 Å². The first-order valence-electron chi connectivity index (χ1n) is 7.19. The normalized spacial score (nSPS) is 45.4. The van der Waals surface area contributed by atoms with Gasteiger partial charge in [-0.3, -0.25) is 0 Å². The molecule has 2 heterocycles. The molecule has 26 heavy (non-hydrogen) atoms. The van der Waals surface area contributed by atoms with Gasteiger partial charge in [-0.15, -0.1) is 0 Å². The predicted octanol–water partition coefficient (Wildman–Crippen LogP) is -6.34. The first-order valence-corrected chi connectivity index (χ1v) is 7.64. The van der Waals surface area contributed by atoms with E-state index in [1.165, 1.54) is 0 Å². The molecule has 0 radical (unpaired) electrons. The summed E-state index contributed by atoms with van der Waals surface area (Å²) in [5.74, 6) is -2.22. The van der Waals surface area contributed by atoms with Crippen LogP contribution in [0, 0.1) is 0 Å². The third-order valence-corrected chi connectivity index (χ3v) is 4.07. The van der Waals surface area contributed by atoms with Gasteiger partial charge < -0.3 is 60.5 Å². The van der Waals surface area contributed by atoms with Crippen LogP contribution in [0.5, 0.6) is 0 Å². The SMILES string of the molecule is O.OC[C@H]1O[C@@](CO)(O[C@H]2O[C@H](CO)[C@@H](O)[C@H](O)[C@H]2O)[C@@H](O)[C@@H]1O.[O]=[Fe]. The van der Waals surface area contributed by atoms with Gasteiger partial charge in [0.1, 0.15) is 49.3 Å². The van der Waals surface area contributed by atoms with Crippen molar-refractivity contribution in [2.75, 3.05) is 19.8 Å². The van der Waals surface area contributed by atoms with Crippen LogP contribution in [0.4, 0.5) is 0 Å². The standard InChI is InChI=1S/C12H22O11.Fe.H2O.O/c13-1-4-6(16)8(18)9(19)11(21-4)23-12(3-15)10(20)7(17)5(2-14)22-12;;;/h4-11,13-20H,1-3H2;;1H2;/t4-,5-,6-,7-,8+,9-,10+,11-,12+;;;/m1.../s1. The van der Waals surface area contributed by atoms with Gasteiger partial charge in [0.25, 0.3) is 0 Å². The molecule has 0 spiro atoms. The van der Waals surface area contributed by atoms with Crippen LogP contribution in [-0.4, -0.2) is 121 Å². The van der Waals surface area contributed by atoms with E-state index >= 15 is 0 Å². The fourth-order valence-electron chi connectivity index (χ4n) is 2.63. The van der Waals surface area contributed by atoms with E-state index in [2.05, 4.69) is 0 Å². The minimum absolute atomic E-state index is 0. The minimum atomic E-state index is -2.22. The third-order valence-electron chi connectivity index (χ3n) is 4.07. The van der Waals surface area contributed by atoms with E-state index in [1.807, 2.05) is 15.9 Å². The van der Waals surface area contributed by atoms with E-state index in [0.717, 1.165) is 0 Å². The zero-order valence-corrected chi connectivity index (χ0v) is 14.4. The maximum atomic E-state index is 10.00. The molecule has 2 fully saturated rings. The molecule has 0 bridgehead atoms. The maximum absolute atomic E-state index is 10.00. The molecule has 10 N–H and O–H groups in total. The summed E-state index contributed by atoms with van der Waals surface area (Å²) in [6.07, 6.45) is -12.7. The van der Waals surface area contributed by atoms with Crippen molar-refractivity contribution in [1.29, 1.82) is 0 Å². The molecule has 2 rings (SSSR count). The summed E-state index contributed by atoms with van der Waals surface area (Å²) in [5, 5.41) is 76.7. The second kappa shape index (κ2) is 11.0. The van der Waals surface area contributed by atoms with Gasteiger partial charge in [-0.05, 0) is 0 Å². The number of hydrogen-bond donors (Lipinski definition) is 8. The molecule has 0 aromatic rings. The van der Waals surface area contributed by atoms with Crippen LogP contribution in [0.25, 0.3) is 0 Å². The molecule has 14 heteroatoms. The summed E-state index contributed by atoms with van der Waals surface area (Å²) in [7, 11) is 0. The summed E-state index contributed by atoms with van der Waals surface area (Å²) >= 11 is 2.00. The molecular formula is C12H24FeO13. The van der Waals surface area contributed by atoms with Gasteiger partial charge >= 0.3 is 19.8 Å². The van der Waals surface area contributed by atoms with Crippen LogP contribution in [-0.2, 0) is 34.0 Å². The number of aliphatic hydroxyl groups is 8. The Morgan fingerprint density at radius 1 is 0.846 bits per heavy atom. The molecule has 2 saturated heterocycles. The van der Waals surface area contributed by atoms with Crippen molar-refractivity contribution in [3.05, 3.63) is 0 Å². The topological polar surface area (TPSA) is 238 Å². The third kappa shape index (κ3) is 4.81. The van der Waals surface area contributed by atoms with Gasteiger partial charge in [0.15, 0.2) is 6.29 Å². The Morgan fingerprint density at radius 3 is 1.81 bits per heavy atom. The van der Waals surface area contributed by atoms with Crippen molar-refractivity contribution in [3.63, 3.8) is 0 Å². The summed E-state index contributed by atoms with van der Waals surface area (Å²) in [4.78, 5) is 0. The Kier molecular flexibility index (Phi) is 10.9. The fourth-order valence-corrected chi connectivity index (χ4v) is 2.63. The Bertz CT molecular complexity index is 415. The Labute approximate surface area is 155 Å². The van der Waals surface area contributed by atoms with Crippen molar-refractivity contribution in [1.82, 2.24) is 0 Å². The van der Waals surface area contributed by atoms with Crippen LogP contribution >= 0.6 is 0 Å². The summed E-state index contributed by atoms with van der Waals surface area (Å²) < 4.78 is 23.4. The summed E-state index contributed by atoms with van der Waals surface area (Å²) in [5.41, 5.74) is 0. The van der Waals surface area contributed by atoms with Gasteiger partial charge in [0.05, 0.1) is 13.2 Å².